The summed E-state index contributed by atoms with van der Waals surface area (Å²) in [6.07, 6.45) is 0. The zero-order chi connectivity index (χ0) is 35.6. The summed E-state index contributed by atoms with van der Waals surface area (Å²) in [6, 6.07) is 48.5. The number of benzene rings is 8. The predicted molar refractivity (Wildman–Crippen MR) is 206 cm³/mol. The van der Waals surface area contributed by atoms with E-state index < -0.39 is 16.3 Å². The fourth-order valence-electron chi connectivity index (χ4n) is 6.18. The molecule has 0 aliphatic heterocycles. The first-order valence-electron chi connectivity index (χ1n) is 16.4. The van der Waals surface area contributed by atoms with Gasteiger partial charge in [-0.2, -0.15) is 0 Å². The van der Waals surface area contributed by atoms with E-state index in [1.54, 1.807) is 48.5 Å². The molecule has 0 saturated heterocycles. The van der Waals surface area contributed by atoms with Gasteiger partial charge in [-0.15, -0.1) is 0 Å². The molecule has 0 N–H and O–H groups in total. The molecule has 0 radical (unpaired) electrons. The third-order valence-electron chi connectivity index (χ3n) is 8.66. The third kappa shape index (κ3) is 6.88. The van der Waals surface area contributed by atoms with Crippen LogP contribution < -0.4 is 30.3 Å². The zero-order valence-electron chi connectivity index (χ0n) is 27.4. The first-order chi connectivity index (χ1) is 25.4. The SMILES string of the molecule is Fc1ccc(P(Oc2ccc3ccccc3c2-c2c(OP(c3ccc(F)cc3)c3ccc(F)cc3)ccc3ccccc23)c2ccc(F)cc2)cc1. The van der Waals surface area contributed by atoms with E-state index >= 15 is 0 Å². The van der Waals surface area contributed by atoms with E-state index in [1.807, 2.05) is 72.8 Å². The number of fused-ring (bicyclic) bond motifs is 2. The van der Waals surface area contributed by atoms with Crippen molar-refractivity contribution in [3.63, 3.8) is 0 Å². The van der Waals surface area contributed by atoms with Crippen LogP contribution in [0, 0.1) is 23.3 Å². The molecule has 8 heteroatoms. The van der Waals surface area contributed by atoms with E-state index in [1.165, 1.54) is 48.5 Å². The highest BCUT2D eigenvalue weighted by Crippen LogP contribution is 2.51. The van der Waals surface area contributed by atoms with Crippen molar-refractivity contribution in [1.82, 2.24) is 0 Å². The van der Waals surface area contributed by atoms with Gasteiger partial charge >= 0.3 is 0 Å². The van der Waals surface area contributed by atoms with E-state index in [4.69, 9.17) is 9.05 Å². The summed E-state index contributed by atoms with van der Waals surface area (Å²) in [5.74, 6) is -0.401. The number of hydrogen-bond donors (Lipinski definition) is 0. The van der Waals surface area contributed by atoms with Crippen LogP contribution in [0.25, 0.3) is 32.7 Å². The second-order valence-corrected chi connectivity index (χ2v) is 15.6. The van der Waals surface area contributed by atoms with Crippen molar-refractivity contribution in [2.75, 3.05) is 0 Å². The molecule has 0 bridgehead atoms. The van der Waals surface area contributed by atoms with E-state index in [0.717, 1.165) is 53.9 Å². The van der Waals surface area contributed by atoms with E-state index in [0.29, 0.717) is 11.5 Å². The van der Waals surface area contributed by atoms with Crippen molar-refractivity contribution in [3.8, 4) is 22.6 Å². The van der Waals surface area contributed by atoms with Crippen molar-refractivity contribution in [1.29, 1.82) is 0 Å². The van der Waals surface area contributed by atoms with Crippen LogP contribution in [0.3, 0.4) is 0 Å². The molecule has 0 heterocycles. The van der Waals surface area contributed by atoms with Crippen molar-refractivity contribution in [3.05, 3.63) is 193 Å². The Morgan fingerprint density at radius 1 is 0.308 bits per heavy atom. The minimum atomic E-state index is -1.60. The standard InChI is InChI=1S/C44H28F4O2P2/c45-31-11-19-35(20-12-31)51(36-21-13-32(46)14-22-36)49-41-27-9-29-5-1-3-7-39(29)43(41)44-40-8-4-2-6-30(40)10-28-42(44)50-52(37-23-15-33(47)16-24-37)38-25-17-34(48)18-26-38/h1-28H. The van der Waals surface area contributed by atoms with Gasteiger partial charge < -0.3 is 9.05 Å². The average Bonchev–Trinajstić information content (AvgIpc) is 3.17. The fourth-order valence-corrected chi connectivity index (χ4v) is 9.58. The first-order valence-corrected chi connectivity index (χ1v) is 19.0. The molecule has 0 saturated carbocycles. The summed E-state index contributed by atoms with van der Waals surface area (Å²) in [7, 11) is -3.21. The lowest BCUT2D eigenvalue weighted by Gasteiger charge is -2.25. The van der Waals surface area contributed by atoms with E-state index in [-0.39, 0.29) is 23.3 Å². The summed E-state index contributed by atoms with van der Waals surface area (Å²) in [5.41, 5.74) is 1.55. The summed E-state index contributed by atoms with van der Waals surface area (Å²) in [5, 5.41) is 6.72. The van der Waals surface area contributed by atoms with Gasteiger partial charge in [-0.25, -0.2) is 17.6 Å². The Morgan fingerprint density at radius 2 is 0.596 bits per heavy atom. The van der Waals surface area contributed by atoms with E-state index in [9.17, 15) is 17.6 Å². The molecule has 0 spiro atoms. The van der Waals surface area contributed by atoms with Crippen molar-refractivity contribution >= 4 is 59.1 Å². The van der Waals surface area contributed by atoms with Crippen molar-refractivity contribution in [2.24, 2.45) is 0 Å². The van der Waals surface area contributed by atoms with Crippen molar-refractivity contribution < 1.29 is 26.6 Å². The van der Waals surface area contributed by atoms with Gasteiger partial charge in [0.05, 0.1) is 0 Å². The summed E-state index contributed by atoms with van der Waals surface area (Å²) in [4.78, 5) is 0. The average molecular weight is 727 g/mol. The van der Waals surface area contributed by atoms with Gasteiger partial charge in [0, 0.05) is 32.3 Å². The number of halogens is 4. The Hall–Kier alpha value is -5.54. The second-order valence-electron chi connectivity index (χ2n) is 12.0. The molecular weight excluding hydrogens is 698 g/mol. The molecular formula is C44H28F4O2P2. The first kappa shape index (κ1) is 33.6. The smallest absolute Gasteiger partial charge is 0.150 e. The van der Waals surface area contributed by atoms with Gasteiger partial charge in [0.1, 0.15) is 34.8 Å². The summed E-state index contributed by atoms with van der Waals surface area (Å²) >= 11 is 0. The molecule has 0 aliphatic rings. The lowest BCUT2D eigenvalue weighted by molar-refractivity contribution is 0.620. The molecule has 0 unspecified atom stereocenters. The highest BCUT2D eigenvalue weighted by atomic mass is 31.1. The highest BCUT2D eigenvalue weighted by molar-refractivity contribution is 7.69. The Morgan fingerprint density at radius 3 is 0.904 bits per heavy atom. The molecule has 254 valence electrons. The van der Waals surface area contributed by atoms with Gasteiger partial charge in [-0.05, 0) is 131 Å². The van der Waals surface area contributed by atoms with Crippen LogP contribution >= 0.6 is 16.3 Å². The Labute approximate surface area is 300 Å². The number of hydrogen-bond acceptors (Lipinski definition) is 2. The third-order valence-corrected chi connectivity index (χ3v) is 12.5. The van der Waals surface area contributed by atoms with Crippen molar-refractivity contribution in [2.45, 2.75) is 0 Å². The topological polar surface area (TPSA) is 18.5 Å². The molecule has 2 nitrogen and oxygen atoms in total. The molecule has 0 fully saturated rings. The van der Waals surface area contributed by atoms with Crippen LogP contribution in [0.2, 0.25) is 0 Å². The van der Waals surface area contributed by atoms with Crippen LogP contribution in [0.15, 0.2) is 170 Å². The molecule has 0 atom stereocenters. The van der Waals surface area contributed by atoms with Crippen LogP contribution in [0.4, 0.5) is 17.6 Å². The van der Waals surface area contributed by atoms with Crippen LogP contribution in [-0.2, 0) is 0 Å². The second kappa shape index (κ2) is 14.6. The number of rotatable bonds is 9. The van der Waals surface area contributed by atoms with E-state index in [2.05, 4.69) is 0 Å². The van der Waals surface area contributed by atoms with Crippen LogP contribution in [0.1, 0.15) is 0 Å². The summed E-state index contributed by atoms with van der Waals surface area (Å²) < 4.78 is 70.7. The van der Waals surface area contributed by atoms with Gasteiger partial charge in [0.25, 0.3) is 0 Å². The molecule has 8 rings (SSSR count). The predicted octanol–water partition coefficient (Wildman–Crippen LogP) is 11.1. The van der Waals surface area contributed by atoms with Gasteiger partial charge in [0.15, 0.2) is 16.3 Å². The normalized spacial score (nSPS) is 11.4. The minimum absolute atomic E-state index is 0.374. The van der Waals surface area contributed by atoms with Gasteiger partial charge in [0.2, 0.25) is 0 Å². The lowest BCUT2D eigenvalue weighted by Crippen LogP contribution is -2.17. The van der Waals surface area contributed by atoms with Crippen LogP contribution in [0.5, 0.6) is 11.5 Å². The maximum absolute atomic E-state index is 14.1. The monoisotopic (exact) mass is 726 g/mol. The van der Waals surface area contributed by atoms with Crippen LogP contribution in [-0.4, -0.2) is 0 Å². The maximum atomic E-state index is 14.1. The Kier molecular flexibility index (Phi) is 9.43. The zero-order valence-corrected chi connectivity index (χ0v) is 29.2. The van der Waals surface area contributed by atoms with Gasteiger partial charge in [-0.3, -0.25) is 0 Å². The fraction of sp³-hybridized carbons (Fsp3) is 0. The summed E-state index contributed by atoms with van der Waals surface area (Å²) in [6.45, 7) is 0. The minimum Gasteiger partial charge on any atom is -0.464 e. The molecule has 0 aromatic heterocycles. The Balaban J connectivity index is 1.36. The quantitative estimate of drug-likeness (QED) is 0.109. The molecule has 8 aromatic carbocycles. The Bertz CT molecular complexity index is 2240. The lowest BCUT2D eigenvalue weighted by atomic mass is 9.92. The molecule has 0 aliphatic carbocycles. The molecule has 52 heavy (non-hydrogen) atoms. The highest BCUT2D eigenvalue weighted by Gasteiger charge is 2.26. The molecule has 0 amide bonds. The van der Waals surface area contributed by atoms with Gasteiger partial charge in [-0.1, -0.05) is 60.7 Å². The molecule has 8 aromatic rings. The maximum Gasteiger partial charge on any atom is 0.150 e. The largest absolute Gasteiger partial charge is 0.464 e.